The molecule has 6 heteroatoms. The Bertz CT molecular complexity index is 1340. The summed E-state index contributed by atoms with van der Waals surface area (Å²) in [7, 11) is 0. The van der Waals surface area contributed by atoms with E-state index in [2.05, 4.69) is 48.4 Å². The van der Waals surface area contributed by atoms with Crippen LogP contribution in [0.2, 0.25) is 0 Å². The molecule has 30 heavy (non-hydrogen) atoms. The van der Waals surface area contributed by atoms with Crippen LogP contribution in [0.25, 0.3) is 21.1 Å². The van der Waals surface area contributed by atoms with E-state index in [0.717, 1.165) is 57.5 Å². The fourth-order valence-electron chi connectivity index (χ4n) is 4.36. The number of thiazole rings is 1. The molecule has 1 aliphatic carbocycles. The Hall–Kier alpha value is -2.44. The van der Waals surface area contributed by atoms with Crippen LogP contribution in [0.1, 0.15) is 54.9 Å². The van der Waals surface area contributed by atoms with E-state index in [1.54, 1.807) is 23.1 Å². The van der Waals surface area contributed by atoms with E-state index in [1.807, 2.05) is 17.8 Å². The number of thioether (sulfide) groups is 1. The second-order valence-corrected chi connectivity index (χ2v) is 10.8. The van der Waals surface area contributed by atoms with Crippen molar-refractivity contribution in [1.82, 2.24) is 9.97 Å². The molecule has 0 bridgehead atoms. The van der Waals surface area contributed by atoms with Crippen molar-refractivity contribution in [3.05, 3.63) is 53.2 Å². The highest BCUT2D eigenvalue weighted by molar-refractivity contribution is 8.02. The van der Waals surface area contributed by atoms with Crippen LogP contribution in [-0.4, -0.2) is 20.5 Å². The standard InChI is InChI=1S/C24H21N3OS2/c1-3-24(2)23(28)21-19(30-24)11-15-16(8-9-25-22(15)20(21)13-4-5-13)27-14-6-7-18-17(10-14)26-12-29-18/h6-13H,3-5H2,1-2H3,(H,25,27). The largest absolute Gasteiger partial charge is 0.355 e. The Labute approximate surface area is 183 Å². The smallest absolute Gasteiger partial charge is 0.180 e. The lowest BCUT2D eigenvalue weighted by molar-refractivity contribution is 0.0951. The lowest BCUT2D eigenvalue weighted by Crippen LogP contribution is -2.26. The number of nitrogens with one attached hydrogen (secondary N) is 1. The highest BCUT2D eigenvalue weighted by Gasteiger charge is 2.45. The molecule has 1 fully saturated rings. The van der Waals surface area contributed by atoms with Crippen molar-refractivity contribution < 1.29 is 4.79 Å². The molecule has 0 saturated heterocycles. The first-order chi connectivity index (χ1) is 14.6. The fourth-order valence-corrected chi connectivity index (χ4v) is 6.32. The van der Waals surface area contributed by atoms with Gasteiger partial charge in [0.05, 0.1) is 26.0 Å². The van der Waals surface area contributed by atoms with E-state index >= 15 is 0 Å². The number of aromatic nitrogens is 2. The van der Waals surface area contributed by atoms with Crippen LogP contribution in [-0.2, 0) is 0 Å². The number of hydrogen-bond donors (Lipinski definition) is 1. The second kappa shape index (κ2) is 6.53. The van der Waals surface area contributed by atoms with Crippen LogP contribution < -0.4 is 5.32 Å². The van der Waals surface area contributed by atoms with Gasteiger partial charge in [0, 0.05) is 33.4 Å². The molecule has 1 atom stereocenters. The molecule has 4 aromatic rings. The van der Waals surface area contributed by atoms with Gasteiger partial charge in [-0.25, -0.2) is 4.98 Å². The summed E-state index contributed by atoms with van der Waals surface area (Å²) in [4.78, 5) is 23.7. The van der Waals surface area contributed by atoms with E-state index in [9.17, 15) is 4.79 Å². The van der Waals surface area contributed by atoms with Crippen molar-refractivity contribution in [2.24, 2.45) is 0 Å². The minimum atomic E-state index is -0.368. The minimum Gasteiger partial charge on any atom is -0.355 e. The number of pyridine rings is 1. The molecule has 1 unspecified atom stereocenters. The topological polar surface area (TPSA) is 54.9 Å². The van der Waals surface area contributed by atoms with Gasteiger partial charge >= 0.3 is 0 Å². The maximum Gasteiger partial charge on any atom is 0.180 e. The van der Waals surface area contributed by atoms with Crippen molar-refractivity contribution in [3.63, 3.8) is 0 Å². The average Bonchev–Trinajstić information content (AvgIpc) is 3.43. The zero-order valence-electron chi connectivity index (χ0n) is 16.9. The lowest BCUT2D eigenvalue weighted by Gasteiger charge is -2.17. The monoisotopic (exact) mass is 431 g/mol. The highest BCUT2D eigenvalue weighted by atomic mass is 32.2. The molecular weight excluding hydrogens is 410 g/mol. The third-order valence-electron chi connectivity index (χ3n) is 6.35. The third-order valence-corrected chi connectivity index (χ3v) is 8.63. The van der Waals surface area contributed by atoms with Crippen LogP contribution in [0, 0.1) is 0 Å². The number of benzene rings is 2. The summed E-state index contributed by atoms with van der Waals surface area (Å²) in [6.07, 6.45) is 4.98. The lowest BCUT2D eigenvalue weighted by atomic mass is 9.89. The zero-order valence-corrected chi connectivity index (χ0v) is 18.5. The molecule has 4 nitrogen and oxygen atoms in total. The first-order valence-electron chi connectivity index (χ1n) is 10.4. The zero-order chi connectivity index (χ0) is 20.5. The van der Waals surface area contributed by atoms with E-state index < -0.39 is 0 Å². The maximum atomic E-state index is 13.4. The summed E-state index contributed by atoms with van der Waals surface area (Å²) in [6.45, 7) is 4.18. The van der Waals surface area contributed by atoms with Gasteiger partial charge in [0.15, 0.2) is 5.78 Å². The molecule has 0 amide bonds. The van der Waals surface area contributed by atoms with Crippen molar-refractivity contribution >= 4 is 61.4 Å². The normalized spacial score (nSPS) is 20.8. The minimum absolute atomic E-state index is 0.281. The van der Waals surface area contributed by atoms with Gasteiger partial charge < -0.3 is 5.32 Å². The van der Waals surface area contributed by atoms with Crippen LogP contribution >= 0.6 is 23.1 Å². The summed E-state index contributed by atoms with van der Waals surface area (Å²) < 4.78 is 0.815. The van der Waals surface area contributed by atoms with Crippen LogP contribution in [0.5, 0.6) is 0 Å². The Kier molecular flexibility index (Phi) is 3.99. The highest BCUT2D eigenvalue weighted by Crippen LogP contribution is 2.55. The Morgan fingerprint density at radius 2 is 2.07 bits per heavy atom. The number of rotatable bonds is 4. The van der Waals surface area contributed by atoms with Gasteiger partial charge in [-0.15, -0.1) is 23.1 Å². The van der Waals surface area contributed by atoms with Crippen LogP contribution in [0.15, 0.2) is 46.9 Å². The number of fused-ring (bicyclic) bond motifs is 3. The number of carbonyl (C=O) groups is 1. The van der Waals surface area contributed by atoms with Gasteiger partial charge in [0.1, 0.15) is 0 Å². The first kappa shape index (κ1) is 18.3. The van der Waals surface area contributed by atoms with Gasteiger partial charge in [-0.1, -0.05) is 6.92 Å². The Morgan fingerprint density at radius 3 is 2.87 bits per heavy atom. The van der Waals surface area contributed by atoms with Crippen molar-refractivity contribution in [3.8, 4) is 0 Å². The molecule has 0 spiro atoms. The number of hydrogen-bond acceptors (Lipinski definition) is 6. The number of carbonyl (C=O) groups excluding carboxylic acids is 1. The predicted molar refractivity (Wildman–Crippen MR) is 126 cm³/mol. The van der Waals surface area contributed by atoms with Gasteiger partial charge in [0.25, 0.3) is 0 Å². The van der Waals surface area contributed by atoms with Gasteiger partial charge in [-0.2, -0.15) is 0 Å². The molecule has 0 radical (unpaired) electrons. The van der Waals surface area contributed by atoms with Gasteiger partial charge in [-0.3, -0.25) is 9.78 Å². The van der Waals surface area contributed by atoms with Crippen molar-refractivity contribution in [2.45, 2.75) is 48.7 Å². The third kappa shape index (κ3) is 2.70. The molecule has 6 rings (SSSR count). The summed E-state index contributed by atoms with van der Waals surface area (Å²) in [5.41, 5.74) is 8.01. The fraction of sp³-hybridized carbons (Fsp3) is 0.292. The van der Waals surface area contributed by atoms with Crippen LogP contribution in [0.3, 0.4) is 0 Å². The molecule has 2 aliphatic rings. The number of nitrogens with zero attached hydrogens (tertiary/aromatic N) is 2. The van der Waals surface area contributed by atoms with E-state index in [0.29, 0.717) is 5.92 Å². The average molecular weight is 432 g/mol. The van der Waals surface area contributed by atoms with E-state index in [-0.39, 0.29) is 10.5 Å². The molecule has 1 N–H and O–H groups in total. The molecule has 2 aromatic carbocycles. The molecule has 3 heterocycles. The van der Waals surface area contributed by atoms with E-state index in [1.165, 1.54) is 10.3 Å². The number of Topliss-reactive ketones (excluding diaryl/α,β-unsaturated/α-hetero) is 1. The summed E-state index contributed by atoms with van der Waals surface area (Å²) >= 11 is 3.37. The predicted octanol–water partition coefficient (Wildman–Crippen LogP) is 6.92. The van der Waals surface area contributed by atoms with Crippen LogP contribution in [0.4, 0.5) is 11.4 Å². The summed E-state index contributed by atoms with van der Waals surface area (Å²) in [6, 6.07) is 10.5. The van der Waals surface area contributed by atoms with Gasteiger partial charge in [-0.05, 0) is 68.0 Å². The molecule has 2 aromatic heterocycles. The second-order valence-electron chi connectivity index (χ2n) is 8.37. The molecular formula is C24H21N3OS2. The van der Waals surface area contributed by atoms with Crippen molar-refractivity contribution in [2.75, 3.05) is 5.32 Å². The summed E-state index contributed by atoms with van der Waals surface area (Å²) in [5, 5.41) is 4.68. The number of ketones is 1. The quantitative estimate of drug-likeness (QED) is 0.380. The molecule has 150 valence electrons. The van der Waals surface area contributed by atoms with Gasteiger partial charge in [0.2, 0.25) is 0 Å². The maximum absolute atomic E-state index is 13.4. The van der Waals surface area contributed by atoms with E-state index in [4.69, 9.17) is 4.98 Å². The number of anilines is 2. The summed E-state index contributed by atoms with van der Waals surface area (Å²) in [5.74, 6) is 0.739. The first-order valence-corrected chi connectivity index (χ1v) is 12.1. The molecule has 1 aliphatic heterocycles. The SMILES string of the molecule is CCC1(C)Sc2cc3c(Nc4ccc5scnc5c4)ccnc3c(C3CC3)c2C1=O. The molecule has 1 saturated carbocycles. The van der Waals surface area contributed by atoms with Crippen molar-refractivity contribution in [1.29, 1.82) is 0 Å². The Balaban J connectivity index is 1.53. The Morgan fingerprint density at radius 1 is 1.20 bits per heavy atom.